The lowest BCUT2D eigenvalue weighted by atomic mass is 9.86. The molecule has 116 valence electrons. The normalized spacial score (nSPS) is 22.5. The number of hydrogen-bond acceptors (Lipinski definition) is 5. The summed E-state index contributed by atoms with van der Waals surface area (Å²) in [5, 5.41) is 10.1. The van der Waals surface area contributed by atoms with Crippen molar-refractivity contribution in [2.75, 3.05) is 13.7 Å². The summed E-state index contributed by atoms with van der Waals surface area (Å²) < 4.78 is 4.69. The van der Waals surface area contributed by atoms with Crippen molar-refractivity contribution in [3.63, 3.8) is 0 Å². The summed E-state index contributed by atoms with van der Waals surface area (Å²) in [5.74, 6) is -0.915. The summed E-state index contributed by atoms with van der Waals surface area (Å²) >= 11 is 0. The molecule has 6 nitrogen and oxygen atoms in total. The van der Waals surface area contributed by atoms with Crippen LogP contribution in [0.1, 0.15) is 40.0 Å². The van der Waals surface area contributed by atoms with Gasteiger partial charge in [0.05, 0.1) is 7.11 Å². The molecule has 1 aliphatic heterocycles. The van der Waals surface area contributed by atoms with Crippen molar-refractivity contribution < 1.29 is 19.4 Å². The van der Waals surface area contributed by atoms with E-state index in [1.54, 1.807) is 0 Å². The molecular formula is C14H26N2O4. The molecule has 0 aromatic carbocycles. The standard InChI is InChI=1S/C14H26N2O4/c1-14(2,3)8-9(15)11(17)12(18)16-7-5-6-10(16)13(19)20-4/h9-11,17H,5-8,15H2,1-4H3/t9-,10+,11+/m1/s1. The van der Waals surface area contributed by atoms with Crippen LogP contribution in [0.15, 0.2) is 0 Å². The minimum atomic E-state index is -1.28. The second-order valence-electron chi connectivity index (χ2n) is 6.59. The third-order valence-corrected chi connectivity index (χ3v) is 3.52. The highest BCUT2D eigenvalue weighted by molar-refractivity contribution is 5.87. The molecule has 1 heterocycles. The Kier molecular flexibility index (Phi) is 5.53. The van der Waals surface area contributed by atoms with Crippen LogP contribution in [-0.2, 0) is 14.3 Å². The average Bonchev–Trinajstić information content (AvgIpc) is 2.82. The SMILES string of the molecule is COC(=O)[C@@H]1CCCN1C(=O)[C@@H](O)[C@H](N)CC(C)(C)C. The van der Waals surface area contributed by atoms with Crippen LogP contribution < -0.4 is 5.73 Å². The highest BCUT2D eigenvalue weighted by Gasteiger charge is 2.39. The predicted molar refractivity (Wildman–Crippen MR) is 74.8 cm³/mol. The molecule has 3 N–H and O–H groups in total. The first-order chi connectivity index (χ1) is 9.17. The fraction of sp³-hybridized carbons (Fsp3) is 0.857. The largest absolute Gasteiger partial charge is 0.467 e. The van der Waals surface area contributed by atoms with E-state index in [2.05, 4.69) is 4.74 Å². The van der Waals surface area contributed by atoms with Crippen LogP contribution in [0.4, 0.5) is 0 Å². The summed E-state index contributed by atoms with van der Waals surface area (Å²) in [6, 6.07) is -1.23. The molecule has 0 unspecified atom stereocenters. The zero-order chi connectivity index (χ0) is 15.5. The molecule has 0 aromatic rings. The smallest absolute Gasteiger partial charge is 0.328 e. The van der Waals surface area contributed by atoms with Crippen LogP contribution in [0.25, 0.3) is 0 Å². The Morgan fingerprint density at radius 3 is 2.55 bits per heavy atom. The van der Waals surface area contributed by atoms with Gasteiger partial charge >= 0.3 is 5.97 Å². The number of carbonyl (C=O) groups is 2. The lowest BCUT2D eigenvalue weighted by Crippen LogP contribution is -2.52. The molecule has 1 fully saturated rings. The maximum absolute atomic E-state index is 12.3. The zero-order valence-electron chi connectivity index (χ0n) is 12.8. The Morgan fingerprint density at radius 1 is 1.45 bits per heavy atom. The third kappa shape index (κ3) is 4.18. The number of esters is 1. The first kappa shape index (κ1) is 16.9. The van der Waals surface area contributed by atoms with Gasteiger partial charge in [0.25, 0.3) is 5.91 Å². The van der Waals surface area contributed by atoms with Gasteiger partial charge in [0, 0.05) is 12.6 Å². The van der Waals surface area contributed by atoms with Crippen molar-refractivity contribution in [3.05, 3.63) is 0 Å². The van der Waals surface area contributed by atoms with Gasteiger partial charge in [-0.1, -0.05) is 20.8 Å². The van der Waals surface area contributed by atoms with Gasteiger partial charge < -0.3 is 20.5 Å². The van der Waals surface area contributed by atoms with Crippen LogP contribution in [0.3, 0.4) is 0 Å². The average molecular weight is 286 g/mol. The van der Waals surface area contributed by atoms with Crippen LogP contribution in [0.5, 0.6) is 0 Å². The molecule has 0 aliphatic carbocycles. The van der Waals surface area contributed by atoms with Crippen molar-refractivity contribution >= 4 is 11.9 Å². The molecule has 0 saturated carbocycles. The van der Waals surface area contributed by atoms with E-state index in [4.69, 9.17) is 5.73 Å². The van der Waals surface area contributed by atoms with Crippen LogP contribution in [0, 0.1) is 5.41 Å². The quantitative estimate of drug-likeness (QED) is 0.724. The van der Waals surface area contributed by atoms with E-state index in [0.29, 0.717) is 19.4 Å². The Bertz CT molecular complexity index is 365. The molecule has 20 heavy (non-hydrogen) atoms. The van der Waals surface area contributed by atoms with Crippen LogP contribution in [0.2, 0.25) is 0 Å². The Hall–Kier alpha value is -1.14. The number of amides is 1. The molecule has 1 rings (SSSR count). The molecule has 0 bridgehead atoms. The van der Waals surface area contributed by atoms with Gasteiger partial charge in [-0.05, 0) is 24.7 Å². The molecule has 0 aromatic heterocycles. The van der Waals surface area contributed by atoms with Crippen molar-refractivity contribution in [1.82, 2.24) is 4.90 Å². The lowest BCUT2D eigenvalue weighted by Gasteiger charge is -2.30. The highest BCUT2D eigenvalue weighted by Crippen LogP contribution is 2.24. The number of nitrogens with two attached hydrogens (primary N) is 1. The van der Waals surface area contributed by atoms with E-state index in [9.17, 15) is 14.7 Å². The number of carbonyl (C=O) groups excluding carboxylic acids is 2. The number of aliphatic hydroxyl groups excluding tert-OH is 1. The fourth-order valence-corrected chi connectivity index (χ4v) is 2.58. The van der Waals surface area contributed by atoms with Gasteiger partial charge in [-0.15, -0.1) is 0 Å². The Labute approximate surface area is 120 Å². The monoisotopic (exact) mass is 286 g/mol. The van der Waals surface area contributed by atoms with Gasteiger partial charge in [0.15, 0.2) is 0 Å². The number of likely N-dealkylation sites (tertiary alicyclic amines) is 1. The highest BCUT2D eigenvalue weighted by atomic mass is 16.5. The second kappa shape index (κ2) is 6.54. The summed E-state index contributed by atoms with van der Waals surface area (Å²) in [6.07, 6.45) is 0.544. The number of hydrogen-bond donors (Lipinski definition) is 2. The zero-order valence-corrected chi connectivity index (χ0v) is 12.8. The van der Waals surface area contributed by atoms with E-state index in [0.717, 1.165) is 6.42 Å². The minimum Gasteiger partial charge on any atom is -0.467 e. The fourth-order valence-electron chi connectivity index (χ4n) is 2.58. The topological polar surface area (TPSA) is 92.9 Å². The van der Waals surface area contributed by atoms with Gasteiger partial charge in [0.2, 0.25) is 0 Å². The molecular weight excluding hydrogens is 260 g/mol. The Morgan fingerprint density at radius 2 is 2.05 bits per heavy atom. The third-order valence-electron chi connectivity index (χ3n) is 3.52. The van der Waals surface area contributed by atoms with E-state index in [1.807, 2.05) is 20.8 Å². The van der Waals surface area contributed by atoms with Crippen LogP contribution in [-0.4, -0.2) is 53.7 Å². The van der Waals surface area contributed by atoms with Gasteiger partial charge in [-0.3, -0.25) is 4.79 Å². The number of aliphatic hydroxyl groups is 1. The molecule has 3 atom stereocenters. The van der Waals surface area contributed by atoms with Crippen molar-refractivity contribution in [1.29, 1.82) is 0 Å². The van der Waals surface area contributed by atoms with E-state index in [1.165, 1.54) is 12.0 Å². The maximum Gasteiger partial charge on any atom is 0.328 e. The summed E-state index contributed by atoms with van der Waals surface area (Å²) in [5.41, 5.74) is 5.84. The molecule has 1 amide bonds. The van der Waals surface area contributed by atoms with E-state index < -0.39 is 30.1 Å². The molecule has 1 saturated heterocycles. The molecule has 0 radical (unpaired) electrons. The second-order valence-corrected chi connectivity index (χ2v) is 6.59. The van der Waals surface area contributed by atoms with Gasteiger partial charge in [0.1, 0.15) is 12.1 Å². The first-order valence-electron chi connectivity index (χ1n) is 6.99. The minimum absolute atomic E-state index is 0.0760. The molecule has 1 aliphatic rings. The maximum atomic E-state index is 12.3. The number of rotatable bonds is 4. The van der Waals surface area contributed by atoms with Crippen molar-refractivity contribution in [3.8, 4) is 0 Å². The van der Waals surface area contributed by atoms with Crippen LogP contribution >= 0.6 is 0 Å². The van der Waals surface area contributed by atoms with E-state index >= 15 is 0 Å². The molecule has 6 heteroatoms. The van der Waals surface area contributed by atoms with Gasteiger partial charge in [-0.2, -0.15) is 0 Å². The number of methoxy groups -OCH3 is 1. The lowest BCUT2D eigenvalue weighted by molar-refractivity contribution is -0.154. The van der Waals surface area contributed by atoms with E-state index in [-0.39, 0.29) is 5.41 Å². The predicted octanol–water partition coefficient (Wildman–Crippen LogP) is 0.275. The van der Waals surface area contributed by atoms with Crippen molar-refractivity contribution in [2.24, 2.45) is 11.1 Å². The summed E-state index contributed by atoms with van der Waals surface area (Å²) in [6.45, 7) is 6.45. The summed E-state index contributed by atoms with van der Waals surface area (Å²) in [7, 11) is 1.30. The van der Waals surface area contributed by atoms with Crippen molar-refractivity contribution in [2.45, 2.75) is 58.2 Å². The summed E-state index contributed by atoms with van der Waals surface area (Å²) in [4.78, 5) is 25.3. The number of ether oxygens (including phenoxy) is 1. The number of nitrogens with zero attached hydrogens (tertiary/aromatic N) is 1. The molecule has 0 spiro atoms. The Balaban J connectivity index is 2.70. The van der Waals surface area contributed by atoms with Gasteiger partial charge in [-0.25, -0.2) is 4.79 Å². The first-order valence-corrected chi connectivity index (χ1v) is 6.99.